The summed E-state index contributed by atoms with van der Waals surface area (Å²) in [7, 11) is 0. The van der Waals surface area contributed by atoms with Crippen molar-refractivity contribution in [1.29, 1.82) is 0 Å². The van der Waals surface area contributed by atoms with Crippen molar-refractivity contribution < 1.29 is 4.79 Å². The maximum absolute atomic E-state index is 12.0. The Morgan fingerprint density at radius 1 is 1.33 bits per heavy atom. The van der Waals surface area contributed by atoms with E-state index in [-0.39, 0.29) is 5.91 Å². The predicted molar refractivity (Wildman–Crippen MR) is 77.5 cm³/mol. The van der Waals surface area contributed by atoms with Gasteiger partial charge in [0.1, 0.15) is 0 Å². The highest BCUT2D eigenvalue weighted by Crippen LogP contribution is 2.23. The molecule has 2 rings (SSSR count). The molecular weight excluding hydrogens is 292 g/mol. The minimum Gasteiger partial charge on any atom is -0.398 e. The second kappa shape index (κ2) is 6.23. The van der Waals surface area contributed by atoms with Crippen molar-refractivity contribution in [2.24, 2.45) is 5.92 Å². The van der Waals surface area contributed by atoms with Gasteiger partial charge in [0.2, 0.25) is 0 Å². The van der Waals surface area contributed by atoms with Gasteiger partial charge in [-0.05, 0) is 52.9 Å². The fourth-order valence-corrected chi connectivity index (χ4v) is 2.66. The first-order chi connectivity index (χ1) is 8.66. The Kier molecular flexibility index (Phi) is 4.64. The van der Waals surface area contributed by atoms with E-state index in [2.05, 4.69) is 21.2 Å². The van der Waals surface area contributed by atoms with Crippen molar-refractivity contribution in [3.8, 4) is 0 Å². The molecule has 1 fully saturated rings. The van der Waals surface area contributed by atoms with Gasteiger partial charge in [-0.3, -0.25) is 4.79 Å². The Labute approximate surface area is 116 Å². The zero-order valence-corrected chi connectivity index (χ0v) is 12.0. The highest BCUT2D eigenvalue weighted by Gasteiger charge is 2.15. The molecule has 1 aromatic carbocycles. The van der Waals surface area contributed by atoms with Gasteiger partial charge in [-0.2, -0.15) is 0 Å². The smallest absolute Gasteiger partial charge is 0.251 e. The molecule has 0 atom stereocenters. The number of carbonyl (C=O) groups excluding carboxylic acids is 1. The zero-order valence-electron chi connectivity index (χ0n) is 10.4. The molecule has 18 heavy (non-hydrogen) atoms. The number of halogens is 1. The van der Waals surface area contributed by atoms with Crippen LogP contribution in [0.4, 0.5) is 5.69 Å². The van der Waals surface area contributed by atoms with E-state index >= 15 is 0 Å². The Morgan fingerprint density at radius 2 is 2.06 bits per heavy atom. The van der Waals surface area contributed by atoms with E-state index in [1.54, 1.807) is 12.1 Å². The van der Waals surface area contributed by atoms with Crippen LogP contribution in [0.3, 0.4) is 0 Å². The monoisotopic (exact) mass is 310 g/mol. The van der Waals surface area contributed by atoms with E-state index in [1.807, 2.05) is 6.07 Å². The van der Waals surface area contributed by atoms with E-state index < -0.39 is 0 Å². The van der Waals surface area contributed by atoms with Crippen molar-refractivity contribution >= 4 is 27.5 Å². The molecule has 1 saturated carbocycles. The van der Waals surface area contributed by atoms with Gasteiger partial charge in [-0.25, -0.2) is 0 Å². The van der Waals surface area contributed by atoms with Crippen LogP contribution in [0.15, 0.2) is 22.7 Å². The Hall–Kier alpha value is -1.03. The lowest BCUT2D eigenvalue weighted by atomic mass is 9.89. The predicted octanol–water partition coefficient (Wildman–Crippen LogP) is 3.34. The van der Waals surface area contributed by atoms with Gasteiger partial charge >= 0.3 is 0 Å². The standard InChI is InChI=1S/C14H19BrN2O/c15-12-7-6-11(8-13(12)16)14(18)17-9-10-4-2-1-3-5-10/h6-8,10H,1-5,9,16H2,(H,17,18). The number of carbonyl (C=O) groups is 1. The number of hydrogen-bond acceptors (Lipinski definition) is 2. The van der Waals surface area contributed by atoms with Crippen LogP contribution in [-0.4, -0.2) is 12.5 Å². The molecule has 0 unspecified atom stereocenters. The van der Waals surface area contributed by atoms with Gasteiger partial charge in [0, 0.05) is 22.3 Å². The van der Waals surface area contributed by atoms with Crippen molar-refractivity contribution in [2.75, 3.05) is 12.3 Å². The minimum atomic E-state index is -0.0280. The summed E-state index contributed by atoms with van der Waals surface area (Å²) in [5.74, 6) is 0.621. The van der Waals surface area contributed by atoms with Crippen molar-refractivity contribution in [1.82, 2.24) is 5.32 Å². The van der Waals surface area contributed by atoms with E-state index in [0.717, 1.165) is 11.0 Å². The number of rotatable bonds is 3. The minimum absolute atomic E-state index is 0.0280. The van der Waals surface area contributed by atoms with Crippen LogP contribution in [0.1, 0.15) is 42.5 Å². The fraction of sp³-hybridized carbons (Fsp3) is 0.500. The SMILES string of the molecule is Nc1cc(C(=O)NCC2CCCCC2)ccc1Br. The normalized spacial score (nSPS) is 16.5. The highest BCUT2D eigenvalue weighted by atomic mass is 79.9. The number of nitrogens with two attached hydrogens (primary N) is 1. The first kappa shape index (κ1) is 13.4. The zero-order chi connectivity index (χ0) is 13.0. The molecule has 0 bridgehead atoms. The largest absolute Gasteiger partial charge is 0.398 e. The quantitative estimate of drug-likeness (QED) is 0.841. The van der Waals surface area contributed by atoms with Crippen LogP contribution in [0.25, 0.3) is 0 Å². The molecular formula is C14H19BrN2O. The summed E-state index contributed by atoms with van der Waals surface area (Å²) in [6, 6.07) is 5.31. The van der Waals surface area contributed by atoms with Gasteiger partial charge in [0.05, 0.1) is 0 Å². The first-order valence-corrected chi connectivity index (χ1v) is 7.29. The van der Waals surface area contributed by atoms with Crippen LogP contribution >= 0.6 is 15.9 Å². The summed E-state index contributed by atoms with van der Waals surface area (Å²) in [5, 5.41) is 3.01. The molecule has 1 aliphatic rings. The van der Waals surface area contributed by atoms with Gasteiger partial charge < -0.3 is 11.1 Å². The van der Waals surface area contributed by atoms with Crippen LogP contribution in [0, 0.1) is 5.92 Å². The van der Waals surface area contributed by atoms with Crippen LogP contribution in [0.5, 0.6) is 0 Å². The third kappa shape index (κ3) is 3.48. The summed E-state index contributed by atoms with van der Waals surface area (Å²) >= 11 is 3.32. The first-order valence-electron chi connectivity index (χ1n) is 6.50. The third-order valence-corrected chi connectivity index (χ3v) is 4.26. The molecule has 98 valence electrons. The van der Waals surface area contributed by atoms with Crippen LogP contribution < -0.4 is 11.1 Å². The summed E-state index contributed by atoms with van der Waals surface area (Å²) < 4.78 is 0.825. The lowest BCUT2D eigenvalue weighted by molar-refractivity contribution is 0.0943. The average molecular weight is 311 g/mol. The average Bonchev–Trinajstić information content (AvgIpc) is 2.40. The lowest BCUT2D eigenvalue weighted by Crippen LogP contribution is -2.30. The molecule has 0 heterocycles. The van der Waals surface area contributed by atoms with E-state index in [9.17, 15) is 4.79 Å². The van der Waals surface area contributed by atoms with Crippen molar-refractivity contribution in [2.45, 2.75) is 32.1 Å². The lowest BCUT2D eigenvalue weighted by Gasteiger charge is -2.21. The van der Waals surface area contributed by atoms with Gasteiger partial charge in [-0.1, -0.05) is 19.3 Å². The molecule has 0 saturated heterocycles. The number of hydrogen-bond donors (Lipinski definition) is 2. The van der Waals surface area contributed by atoms with E-state index in [1.165, 1.54) is 32.1 Å². The molecule has 3 N–H and O–H groups in total. The Morgan fingerprint density at radius 3 is 2.72 bits per heavy atom. The van der Waals surface area contributed by atoms with Gasteiger partial charge in [0.25, 0.3) is 5.91 Å². The molecule has 4 heteroatoms. The number of amides is 1. The fourth-order valence-electron chi connectivity index (χ4n) is 2.42. The van der Waals surface area contributed by atoms with Gasteiger partial charge in [0.15, 0.2) is 0 Å². The molecule has 1 aromatic rings. The third-order valence-electron chi connectivity index (χ3n) is 3.53. The van der Waals surface area contributed by atoms with Crippen LogP contribution in [0.2, 0.25) is 0 Å². The number of anilines is 1. The second-order valence-corrected chi connectivity index (χ2v) is 5.80. The van der Waals surface area contributed by atoms with E-state index in [4.69, 9.17) is 5.73 Å². The molecule has 3 nitrogen and oxygen atoms in total. The molecule has 0 aromatic heterocycles. The maximum Gasteiger partial charge on any atom is 0.251 e. The van der Waals surface area contributed by atoms with Crippen LogP contribution in [-0.2, 0) is 0 Å². The van der Waals surface area contributed by atoms with Crippen molar-refractivity contribution in [3.63, 3.8) is 0 Å². The Balaban J connectivity index is 1.88. The Bertz CT molecular complexity index is 428. The number of benzene rings is 1. The molecule has 0 aliphatic heterocycles. The van der Waals surface area contributed by atoms with Crippen molar-refractivity contribution in [3.05, 3.63) is 28.2 Å². The number of nitrogen functional groups attached to an aromatic ring is 1. The molecule has 1 amide bonds. The second-order valence-electron chi connectivity index (χ2n) is 4.95. The summed E-state index contributed by atoms with van der Waals surface area (Å²) in [5.41, 5.74) is 7.00. The van der Waals surface area contributed by atoms with E-state index in [0.29, 0.717) is 17.2 Å². The topological polar surface area (TPSA) is 55.1 Å². The highest BCUT2D eigenvalue weighted by molar-refractivity contribution is 9.10. The molecule has 0 radical (unpaired) electrons. The molecule has 0 spiro atoms. The summed E-state index contributed by atoms with van der Waals surface area (Å²) in [6.45, 7) is 0.787. The summed E-state index contributed by atoms with van der Waals surface area (Å²) in [4.78, 5) is 12.0. The molecule has 1 aliphatic carbocycles. The van der Waals surface area contributed by atoms with Gasteiger partial charge in [-0.15, -0.1) is 0 Å². The number of nitrogens with one attached hydrogen (secondary N) is 1. The maximum atomic E-state index is 12.0. The summed E-state index contributed by atoms with van der Waals surface area (Å²) in [6.07, 6.45) is 6.41.